The standard InChI is InChI=1S/C33H33NO5/c1-21-29(33(36)39-18-17-22-11-6-4-7-12-22)30(25-15-10-16-28(37-2)32(25)38-3)31-26(34-21)19-24(20-27(31)35)23-13-8-5-9-14-23/h4-16,24,30,34H,17-20H2,1-3H3/t24-,30+/m0/s1. The molecule has 6 heteroatoms. The zero-order chi connectivity index (χ0) is 27.4. The molecule has 0 spiro atoms. The first kappa shape index (κ1) is 26.3. The van der Waals surface area contributed by atoms with Crippen LogP contribution in [0.25, 0.3) is 0 Å². The highest BCUT2D eigenvalue weighted by molar-refractivity contribution is 6.04. The molecule has 3 aromatic carbocycles. The number of carbonyl (C=O) groups is 2. The Morgan fingerprint density at radius 1 is 0.897 bits per heavy atom. The lowest BCUT2D eigenvalue weighted by Gasteiger charge is -2.37. The molecule has 0 fully saturated rings. The van der Waals surface area contributed by atoms with Crippen molar-refractivity contribution >= 4 is 11.8 Å². The van der Waals surface area contributed by atoms with Crippen molar-refractivity contribution < 1.29 is 23.8 Å². The molecule has 0 saturated heterocycles. The number of allylic oxidation sites excluding steroid dienone is 3. The molecule has 0 aromatic heterocycles. The van der Waals surface area contributed by atoms with Crippen LogP contribution in [0.5, 0.6) is 11.5 Å². The number of hydrogen-bond acceptors (Lipinski definition) is 6. The van der Waals surface area contributed by atoms with E-state index in [2.05, 4.69) is 17.4 Å². The predicted molar refractivity (Wildman–Crippen MR) is 150 cm³/mol. The van der Waals surface area contributed by atoms with Gasteiger partial charge in [0.25, 0.3) is 0 Å². The highest BCUT2D eigenvalue weighted by atomic mass is 16.5. The summed E-state index contributed by atoms with van der Waals surface area (Å²) >= 11 is 0. The van der Waals surface area contributed by atoms with Crippen molar-refractivity contribution in [3.63, 3.8) is 0 Å². The van der Waals surface area contributed by atoms with Crippen molar-refractivity contribution in [2.75, 3.05) is 20.8 Å². The molecular formula is C33H33NO5. The zero-order valence-corrected chi connectivity index (χ0v) is 22.5. The second kappa shape index (κ2) is 11.6. The Morgan fingerprint density at radius 2 is 1.62 bits per heavy atom. The average Bonchev–Trinajstić information content (AvgIpc) is 2.96. The van der Waals surface area contributed by atoms with Crippen molar-refractivity contribution in [2.45, 2.75) is 38.0 Å². The lowest BCUT2D eigenvalue weighted by molar-refractivity contribution is -0.139. The Kier molecular flexibility index (Phi) is 7.82. The Hall–Kier alpha value is -4.32. The summed E-state index contributed by atoms with van der Waals surface area (Å²) in [6, 6.07) is 25.5. The molecule has 6 nitrogen and oxygen atoms in total. The fourth-order valence-electron chi connectivity index (χ4n) is 5.70. The topological polar surface area (TPSA) is 73.9 Å². The molecule has 1 N–H and O–H groups in total. The number of nitrogens with one attached hydrogen (secondary N) is 1. The lowest BCUT2D eigenvalue weighted by Crippen LogP contribution is -2.36. The van der Waals surface area contributed by atoms with E-state index in [-0.39, 0.29) is 18.3 Å². The van der Waals surface area contributed by atoms with Gasteiger partial charge in [-0.2, -0.15) is 0 Å². The van der Waals surface area contributed by atoms with Crippen LogP contribution in [0.15, 0.2) is 101 Å². The Morgan fingerprint density at radius 3 is 2.31 bits per heavy atom. The number of carbonyl (C=O) groups excluding carboxylic acids is 2. The van der Waals surface area contributed by atoms with Crippen molar-refractivity contribution in [3.8, 4) is 11.5 Å². The van der Waals surface area contributed by atoms with Gasteiger partial charge in [-0.05, 0) is 36.5 Å². The van der Waals surface area contributed by atoms with Crippen LogP contribution in [-0.4, -0.2) is 32.6 Å². The largest absolute Gasteiger partial charge is 0.493 e. The lowest BCUT2D eigenvalue weighted by atomic mass is 9.71. The van der Waals surface area contributed by atoms with Crippen LogP contribution >= 0.6 is 0 Å². The Bertz CT molecular complexity index is 1420. The van der Waals surface area contributed by atoms with E-state index in [9.17, 15) is 9.59 Å². The van der Waals surface area contributed by atoms with E-state index in [1.54, 1.807) is 20.3 Å². The minimum Gasteiger partial charge on any atom is -0.493 e. The fourth-order valence-corrected chi connectivity index (χ4v) is 5.70. The van der Waals surface area contributed by atoms with Crippen LogP contribution in [0, 0.1) is 0 Å². The maximum absolute atomic E-state index is 13.9. The molecule has 2 aliphatic rings. The Labute approximate surface area is 229 Å². The van der Waals surface area contributed by atoms with E-state index in [0.29, 0.717) is 53.2 Å². The van der Waals surface area contributed by atoms with Crippen molar-refractivity contribution in [2.24, 2.45) is 0 Å². The van der Waals surface area contributed by atoms with Gasteiger partial charge in [0.15, 0.2) is 17.3 Å². The second-order valence-electron chi connectivity index (χ2n) is 9.88. The molecule has 39 heavy (non-hydrogen) atoms. The molecule has 0 saturated carbocycles. The first-order valence-corrected chi connectivity index (χ1v) is 13.2. The van der Waals surface area contributed by atoms with E-state index < -0.39 is 11.9 Å². The molecular weight excluding hydrogens is 490 g/mol. The molecule has 1 aliphatic carbocycles. The van der Waals surface area contributed by atoms with Crippen LogP contribution in [0.1, 0.15) is 48.3 Å². The molecule has 0 amide bonds. The van der Waals surface area contributed by atoms with Gasteiger partial charge in [0.2, 0.25) is 0 Å². The fraction of sp³-hybridized carbons (Fsp3) is 0.273. The van der Waals surface area contributed by atoms with E-state index in [1.807, 2.05) is 67.6 Å². The number of ether oxygens (including phenoxy) is 3. The summed E-state index contributed by atoms with van der Waals surface area (Å²) in [5.41, 5.74) is 5.44. The van der Waals surface area contributed by atoms with Crippen molar-refractivity contribution in [3.05, 3.63) is 118 Å². The third-order valence-electron chi connectivity index (χ3n) is 7.53. The van der Waals surface area contributed by atoms with Crippen LogP contribution < -0.4 is 14.8 Å². The molecule has 200 valence electrons. The normalized spacial score (nSPS) is 18.8. The van der Waals surface area contributed by atoms with E-state index in [1.165, 1.54) is 0 Å². The van der Waals surface area contributed by atoms with Gasteiger partial charge >= 0.3 is 5.97 Å². The van der Waals surface area contributed by atoms with Gasteiger partial charge in [-0.25, -0.2) is 4.79 Å². The zero-order valence-electron chi connectivity index (χ0n) is 22.5. The SMILES string of the molecule is COc1cccc([C@@H]2C(C(=O)OCCc3ccccc3)=C(C)NC3=C2C(=O)C[C@@H](c2ccccc2)C3)c1OC. The Balaban J connectivity index is 1.53. The van der Waals surface area contributed by atoms with Crippen molar-refractivity contribution in [1.82, 2.24) is 5.32 Å². The molecule has 5 rings (SSSR count). The number of dihydropyridines is 1. The average molecular weight is 524 g/mol. The summed E-state index contributed by atoms with van der Waals surface area (Å²) in [5, 5.41) is 3.42. The maximum atomic E-state index is 13.9. The summed E-state index contributed by atoms with van der Waals surface area (Å²) in [6.07, 6.45) is 1.63. The molecule has 1 heterocycles. The van der Waals surface area contributed by atoms with Crippen LogP contribution in [-0.2, 0) is 20.7 Å². The summed E-state index contributed by atoms with van der Waals surface area (Å²) in [4.78, 5) is 27.6. The summed E-state index contributed by atoms with van der Waals surface area (Å²) in [5.74, 6) is 0.0179. The summed E-state index contributed by atoms with van der Waals surface area (Å²) < 4.78 is 17.1. The smallest absolute Gasteiger partial charge is 0.336 e. The number of Topliss-reactive ketones (excluding diaryl/α,β-unsaturated/α-hetero) is 1. The summed E-state index contributed by atoms with van der Waals surface area (Å²) in [7, 11) is 3.14. The second-order valence-corrected chi connectivity index (χ2v) is 9.88. The first-order chi connectivity index (χ1) is 19.0. The highest BCUT2D eigenvalue weighted by Crippen LogP contribution is 2.49. The number of hydrogen-bond donors (Lipinski definition) is 1. The third kappa shape index (κ3) is 5.32. The van der Waals surface area contributed by atoms with Gasteiger partial charge in [-0.1, -0.05) is 72.8 Å². The van der Waals surface area contributed by atoms with E-state index in [0.717, 1.165) is 16.8 Å². The quantitative estimate of drug-likeness (QED) is 0.374. The number of ketones is 1. The number of para-hydroxylation sites is 1. The molecule has 0 unspecified atom stereocenters. The third-order valence-corrected chi connectivity index (χ3v) is 7.53. The van der Waals surface area contributed by atoms with Crippen LogP contribution in [0.4, 0.5) is 0 Å². The van der Waals surface area contributed by atoms with Gasteiger partial charge in [0, 0.05) is 35.4 Å². The molecule has 0 bridgehead atoms. The highest BCUT2D eigenvalue weighted by Gasteiger charge is 2.42. The monoisotopic (exact) mass is 523 g/mol. The van der Waals surface area contributed by atoms with Crippen LogP contribution in [0.3, 0.4) is 0 Å². The number of methoxy groups -OCH3 is 2. The minimum absolute atomic E-state index is 0.00885. The predicted octanol–water partition coefficient (Wildman–Crippen LogP) is 5.85. The number of esters is 1. The van der Waals surface area contributed by atoms with Crippen LogP contribution in [0.2, 0.25) is 0 Å². The number of benzene rings is 3. The van der Waals surface area contributed by atoms with Crippen molar-refractivity contribution in [1.29, 1.82) is 0 Å². The van der Waals surface area contributed by atoms with Gasteiger partial charge in [-0.15, -0.1) is 0 Å². The van der Waals surface area contributed by atoms with E-state index in [4.69, 9.17) is 14.2 Å². The maximum Gasteiger partial charge on any atom is 0.336 e. The van der Waals surface area contributed by atoms with Gasteiger partial charge in [0.05, 0.1) is 32.3 Å². The molecule has 3 aromatic rings. The molecule has 1 aliphatic heterocycles. The van der Waals surface area contributed by atoms with Gasteiger partial charge in [-0.3, -0.25) is 4.79 Å². The molecule has 0 radical (unpaired) electrons. The molecule has 2 atom stereocenters. The summed E-state index contributed by atoms with van der Waals surface area (Å²) in [6.45, 7) is 2.10. The number of rotatable bonds is 8. The minimum atomic E-state index is -0.639. The first-order valence-electron chi connectivity index (χ1n) is 13.2. The van der Waals surface area contributed by atoms with Gasteiger partial charge in [0.1, 0.15) is 0 Å². The van der Waals surface area contributed by atoms with E-state index >= 15 is 0 Å². The van der Waals surface area contributed by atoms with Gasteiger partial charge < -0.3 is 19.5 Å².